The van der Waals surface area contributed by atoms with Crippen molar-refractivity contribution in [2.75, 3.05) is 5.32 Å². The Hall–Kier alpha value is -2.54. The van der Waals surface area contributed by atoms with Gasteiger partial charge >= 0.3 is 0 Å². The molecule has 0 radical (unpaired) electrons. The van der Waals surface area contributed by atoms with Gasteiger partial charge in [0.05, 0.1) is 0 Å². The van der Waals surface area contributed by atoms with E-state index in [2.05, 4.69) is 20.7 Å². The van der Waals surface area contributed by atoms with Gasteiger partial charge in [0.2, 0.25) is 10.9 Å². The molecule has 7 heteroatoms. The van der Waals surface area contributed by atoms with Gasteiger partial charge in [-0.05, 0) is 13.3 Å². The van der Waals surface area contributed by atoms with Crippen molar-refractivity contribution in [3.63, 3.8) is 0 Å². The van der Waals surface area contributed by atoms with Crippen LogP contribution in [-0.2, 0) is 6.42 Å². The van der Waals surface area contributed by atoms with Crippen LogP contribution in [0.25, 0.3) is 11.3 Å². The van der Waals surface area contributed by atoms with Crippen molar-refractivity contribution in [3.8, 4) is 11.3 Å². The summed E-state index contributed by atoms with van der Waals surface area (Å²) < 4.78 is 5.11. The molecule has 0 spiro atoms. The lowest BCUT2D eigenvalue weighted by Crippen LogP contribution is -2.10. The van der Waals surface area contributed by atoms with E-state index in [-0.39, 0.29) is 11.7 Å². The van der Waals surface area contributed by atoms with Crippen LogP contribution in [0.4, 0.5) is 5.13 Å². The lowest BCUT2D eigenvalue weighted by atomic mass is 10.1. The van der Waals surface area contributed by atoms with E-state index in [0.717, 1.165) is 22.6 Å². The number of carbonyl (C=O) groups is 1. The summed E-state index contributed by atoms with van der Waals surface area (Å²) in [7, 11) is 0. The van der Waals surface area contributed by atoms with Crippen LogP contribution < -0.4 is 5.32 Å². The van der Waals surface area contributed by atoms with Crippen LogP contribution in [0.15, 0.2) is 34.9 Å². The predicted octanol–water partition coefficient (Wildman–Crippen LogP) is 3.32. The van der Waals surface area contributed by atoms with Gasteiger partial charge in [-0.25, -0.2) is 0 Å². The van der Waals surface area contributed by atoms with E-state index in [1.807, 2.05) is 38.1 Å². The third-order valence-corrected chi connectivity index (χ3v) is 4.05. The molecule has 0 saturated heterocycles. The smallest absolute Gasteiger partial charge is 0.296 e. The number of anilines is 1. The van der Waals surface area contributed by atoms with Gasteiger partial charge in [-0.15, -0.1) is 10.2 Å². The highest BCUT2D eigenvalue weighted by molar-refractivity contribution is 7.15. The molecule has 1 aromatic carbocycles. The number of benzene rings is 1. The number of carbonyl (C=O) groups excluding carboxylic acids is 1. The second kappa shape index (κ2) is 6.07. The normalized spacial score (nSPS) is 10.6. The van der Waals surface area contributed by atoms with E-state index in [0.29, 0.717) is 10.8 Å². The van der Waals surface area contributed by atoms with Crippen molar-refractivity contribution >= 4 is 22.4 Å². The molecule has 0 atom stereocenters. The molecule has 0 aliphatic heterocycles. The average molecular weight is 314 g/mol. The van der Waals surface area contributed by atoms with Crippen molar-refractivity contribution in [1.29, 1.82) is 0 Å². The minimum atomic E-state index is -0.385. The number of amides is 1. The molecule has 0 aliphatic rings. The average Bonchev–Trinajstić information content (AvgIpc) is 3.17. The minimum Gasteiger partial charge on any atom is -0.350 e. The van der Waals surface area contributed by atoms with Crippen LogP contribution in [-0.4, -0.2) is 21.3 Å². The van der Waals surface area contributed by atoms with Gasteiger partial charge in [0.25, 0.3) is 5.91 Å². The first-order valence-corrected chi connectivity index (χ1v) is 7.65. The topological polar surface area (TPSA) is 80.9 Å². The molecule has 0 saturated carbocycles. The van der Waals surface area contributed by atoms with Crippen molar-refractivity contribution < 1.29 is 9.32 Å². The Bertz CT molecular complexity index is 792. The number of aryl methyl sites for hydroxylation is 2. The Morgan fingerprint density at radius 2 is 2.05 bits per heavy atom. The maximum absolute atomic E-state index is 12.1. The molecule has 1 amide bonds. The summed E-state index contributed by atoms with van der Waals surface area (Å²) in [6.07, 6.45) is 0.785. The Kier molecular flexibility index (Phi) is 3.97. The fraction of sp³-hybridized carbons (Fsp3) is 0.200. The van der Waals surface area contributed by atoms with Crippen LogP contribution in [0.1, 0.15) is 28.0 Å². The molecule has 3 rings (SSSR count). The van der Waals surface area contributed by atoms with E-state index in [4.69, 9.17) is 4.52 Å². The lowest BCUT2D eigenvalue weighted by Gasteiger charge is -1.95. The van der Waals surface area contributed by atoms with E-state index >= 15 is 0 Å². The number of nitrogens with zero attached hydrogens (tertiary/aromatic N) is 3. The second-order valence-corrected chi connectivity index (χ2v) is 5.81. The number of nitrogens with one attached hydrogen (secondary N) is 1. The van der Waals surface area contributed by atoms with Crippen LogP contribution in [0.3, 0.4) is 0 Å². The van der Waals surface area contributed by atoms with Gasteiger partial charge in [-0.3, -0.25) is 10.1 Å². The van der Waals surface area contributed by atoms with Crippen LogP contribution >= 0.6 is 11.3 Å². The first-order valence-electron chi connectivity index (χ1n) is 6.83. The fourth-order valence-electron chi connectivity index (χ4n) is 1.85. The van der Waals surface area contributed by atoms with E-state index in [1.165, 1.54) is 11.3 Å². The molecule has 22 heavy (non-hydrogen) atoms. The van der Waals surface area contributed by atoms with Crippen LogP contribution in [0, 0.1) is 6.92 Å². The molecule has 6 nitrogen and oxygen atoms in total. The van der Waals surface area contributed by atoms with Gasteiger partial charge < -0.3 is 4.52 Å². The summed E-state index contributed by atoms with van der Waals surface area (Å²) in [4.78, 5) is 12.1. The molecule has 2 heterocycles. The second-order valence-electron chi connectivity index (χ2n) is 4.75. The van der Waals surface area contributed by atoms with Crippen molar-refractivity contribution in [3.05, 3.63) is 46.7 Å². The monoisotopic (exact) mass is 314 g/mol. The third-order valence-electron chi connectivity index (χ3n) is 3.07. The highest BCUT2D eigenvalue weighted by Gasteiger charge is 2.16. The van der Waals surface area contributed by atoms with Crippen molar-refractivity contribution in [1.82, 2.24) is 15.4 Å². The third kappa shape index (κ3) is 3.04. The molecule has 0 unspecified atom stereocenters. The summed E-state index contributed by atoms with van der Waals surface area (Å²) in [5.74, 6) is -0.242. The molecule has 2 aromatic heterocycles. The summed E-state index contributed by atoms with van der Waals surface area (Å²) in [6, 6.07) is 9.45. The Labute approximate surface area is 131 Å². The molecule has 112 valence electrons. The summed E-state index contributed by atoms with van der Waals surface area (Å²) >= 11 is 1.34. The standard InChI is InChI=1S/C15H14N4O2S/c1-3-13-17-18-15(22-13)16-14(20)12-8-11(19-21-12)10-6-4-9(2)5-7-10/h4-8H,3H2,1-2H3,(H,16,18,20). The molecule has 0 bridgehead atoms. The Morgan fingerprint density at radius 3 is 2.73 bits per heavy atom. The molecular formula is C15H14N4O2S. The van der Waals surface area contributed by atoms with Gasteiger partial charge in [-0.2, -0.15) is 0 Å². The zero-order chi connectivity index (χ0) is 15.5. The molecular weight excluding hydrogens is 300 g/mol. The molecule has 0 fully saturated rings. The van der Waals surface area contributed by atoms with E-state index in [9.17, 15) is 4.79 Å². The number of aromatic nitrogens is 3. The van der Waals surface area contributed by atoms with Gasteiger partial charge in [0.15, 0.2) is 0 Å². The molecule has 3 aromatic rings. The molecule has 0 aliphatic carbocycles. The highest BCUT2D eigenvalue weighted by atomic mass is 32.1. The first-order chi connectivity index (χ1) is 10.7. The first kappa shape index (κ1) is 14.4. The zero-order valence-electron chi connectivity index (χ0n) is 12.2. The van der Waals surface area contributed by atoms with E-state index < -0.39 is 0 Å². The predicted molar refractivity (Wildman–Crippen MR) is 83.9 cm³/mol. The maximum Gasteiger partial charge on any atom is 0.296 e. The summed E-state index contributed by atoms with van der Waals surface area (Å²) in [5, 5.41) is 15.8. The quantitative estimate of drug-likeness (QED) is 0.799. The number of hydrogen-bond donors (Lipinski definition) is 1. The zero-order valence-corrected chi connectivity index (χ0v) is 13.0. The Balaban J connectivity index is 1.75. The number of hydrogen-bond acceptors (Lipinski definition) is 6. The molecule has 1 N–H and O–H groups in total. The minimum absolute atomic E-state index is 0.142. The summed E-state index contributed by atoms with van der Waals surface area (Å²) in [5.41, 5.74) is 2.68. The Morgan fingerprint density at radius 1 is 1.27 bits per heavy atom. The lowest BCUT2D eigenvalue weighted by molar-refractivity contribution is 0.0988. The van der Waals surface area contributed by atoms with Gasteiger partial charge in [0.1, 0.15) is 10.7 Å². The van der Waals surface area contributed by atoms with Crippen molar-refractivity contribution in [2.24, 2.45) is 0 Å². The highest BCUT2D eigenvalue weighted by Crippen LogP contribution is 2.21. The van der Waals surface area contributed by atoms with Crippen molar-refractivity contribution in [2.45, 2.75) is 20.3 Å². The van der Waals surface area contributed by atoms with Crippen LogP contribution in [0.2, 0.25) is 0 Å². The summed E-state index contributed by atoms with van der Waals surface area (Å²) in [6.45, 7) is 3.99. The number of rotatable bonds is 4. The SMILES string of the molecule is CCc1nnc(NC(=O)c2cc(-c3ccc(C)cc3)no2)s1. The van der Waals surface area contributed by atoms with Gasteiger partial charge in [-0.1, -0.05) is 53.2 Å². The van der Waals surface area contributed by atoms with Crippen LogP contribution in [0.5, 0.6) is 0 Å². The van der Waals surface area contributed by atoms with E-state index in [1.54, 1.807) is 6.07 Å². The van der Waals surface area contributed by atoms with Gasteiger partial charge in [0, 0.05) is 11.6 Å². The maximum atomic E-state index is 12.1. The fourth-order valence-corrected chi connectivity index (χ4v) is 2.52. The largest absolute Gasteiger partial charge is 0.350 e.